The Morgan fingerprint density at radius 1 is 0.763 bits per heavy atom. The molecule has 0 unspecified atom stereocenters. The summed E-state index contributed by atoms with van der Waals surface area (Å²) in [5.74, 6) is 0.980. The van der Waals surface area contributed by atoms with Gasteiger partial charge >= 0.3 is 0 Å². The number of hydrogen-bond donors (Lipinski definition) is 3. The molecule has 0 aliphatic rings. The summed E-state index contributed by atoms with van der Waals surface area (Å²) in [4.78, 5) is 41.4. The van der Waals surface area contributed by atoms with Crippen LogP contribution in [0.4, 0.5) is 22.3 Å². The summed E-state index contributed by atoms with van der Waals surface area (Å²) in [7, 11) is 0. The zero-order valence-corrected chi connectivity index (χ0v) is 22.7. The van der Waals surface area contributed by atoms with Crippen LogP contribution in [0.5, 0.6) is 0 Å². The lowest BCUT2D eigenvalue weighted by atomic mass is 10.3. The number of nitrogens with zero attached hydrogens (tertiary/aromatic N) is 4. The van der Waals surface area contributed by atoms with Crippen LogP contribution in [-0.4, -0.2) is 31.8 Å². The molecule has 12 heteroatoms. The maximum Gasteiger partial charge on any atom is 0.267 e. The molecule has 5 rings (SSSR count). The van der Waals surface area contributed by atoms with Crippen LogP contribution in [-0.2, 0) is 0 Å². The van der Waals surface area contributed by atoms with E-state index in [0.717, 1.165) is 28.4 Å². The summed E-state index contributed by atoms with van der Waals surface area (Å²) < 4.78 is 0.369. The number of nitrogens with one attached hydrogen (secondary N) is 3. The highest BCUT2D eigenvalue weighted by Gasteiger charge is 2.12. The molecule has 3 N–H and O–H groups in total. The number of para-hydroxylation sites is 2. The Hall–Kier alpha value is -4.19. The monoisotopic (exact) mass is 563 g/mol. The van der Waals surface area contributed by atoms with Gasteiger partial charge in [-0.25, -0.2) is 19.9 Å². The molecule has 0 radical (unpaired) electrons. The first-order valence-electron chi connectivity index (χ1n) is 11.2. The summed E-state index contributed by atoms with van der Waals surface area (Å²) in [5, 5.41) is 9.29. The highest BCUT2D eigenvalue weighted by molar-refractivity contribution is 7.18. The summed E-state index contributed by atoms with van der Waals surface area (Å²) in [6.45, 7) is 3.74. The lowest BCUT2D eigenvalue weighted by Gasteiger charge is -2.04. The first-order chi connectivity index (χ1) is 18.4. The van der Waals surface area contributed by atoms with Crippen molar-refractivity contribution in [2.75, 3.05) is 16.0 Å². The number of hydrogen-bond acceptors (Lipinski definition) is 9. The van der Waals surface area contributed by atoms with E-state index in [2.05, 4.69) is 35.9 Å². The van der Waals surface area contributed by atoms with E-state index >= 15 is 0 Å². The van der Waals surface area contributed by atoms with Crippen LogP contribution in [0, 0.1) is 13.8 Å². The molecule has 0 fully saturated rings. The molecular formula is C26H22ClN7O2S2. The van der Waals surface area contributed by atoms with Gasteiger partial charge in [0.05, 0.1) is 12.4 Å². The second-order valence-electron chi connectivity index (χ2n) is 7.71. The highest BCUT2D eigenvalue weighted by atomic mass is 35.5. The number of aryl methyl sites for hydroxylation is 2. The zero-order valence-electron chi connectivity index (χ0n) is 20.3. The fourth-order valence-electron chi connectivity index (χ4n) is 3.11. The lowest BCUT2D eigenvalue weighted by Crippen LogP contribution is -2.09. The predicted octanol–water partition coefficient (Wildman–Crippen LogP) is 6.59. The van der Waals surface area contributed by atoms with E-state index in [4.69, 9.17) is 11.6 Å². The van der Waals surface area contributed by atoms with Gasteiger partial charge in [0.25, 0.3) is 11.8 Å². The Morgan fingerprint density at radius 3 is 1.84 bits per heavy atom. The fourth-order valence-corrected chi connectivity index (χ4v) is 4.67. The molecule has 0 aliphatic carbocycles. The molecule has 5 aromatic rings. The van der Waals surface area contributed by atoms with Crippen LogP contribution >= 0.6 is 34.3 Å². The normalized spacial score (nSPS) is 10.2. The van der Waals surface area contributed by atoms with E-state index in [9.17, 15) is 9.59 Å². The van der Waals surface area contributed by atoms with Crippen LogP contribution in [0.1, 0.15) is 30.9 Å². The summed E-state index contributed by atoms with van der Waals surface area (Å²) in [6.07, 6.45) is 3.01. The first kappa shape index (κ1) is 26.9. The molecule has 192 valence electrons. The first-order valence-corrected chi connectivity index (χ1v) is 13.3. The van der Waals surface area contributed by atoms with Crippen LogP contribution in [0.25, 0.3) is 0 Å². The summed E-state index contributed by atoms with van der Waals surface area (Å²) >= 11 is 8.06. The van der Waals surface area contributed by atoms with Gasteiger partial charge in [-0.05, 0) is 38.1 Å². The van der Waals surface area contributed by atoms with Crippen molar-refractivity contribution in [1.29, 1.82) is 0 Å². The van der Waals surface area contributed by atoms with Crippen molar-refractivity contribution in [3.05, 3.63) is 105 Å². The summed E-state index contributed by atoms with van der Waals surface area (Å²) in [6, 6.07) is 20.4. The Bertz CT molecular complexity index is 1500. The van der Waals surface area contributed by atoms with Gasteiger partial charge in [0.2, 0.25) is 0 Å². The molecular weight excluding hydrogens is 542 g/mol. The third-order valence-corrected chi connectivity index (χ3v) is 6.72. The van der Waals surface area contributed by atoms with Gasteiger partial charge in [-0.3, -0.25) is 9.59 Å². The molecule has 0 saturated carbocycles. The third-order valence-electron chi connectivity index (χ3n) is 4.70. The SMILES string of the molecule is Cc1cc(Nc2ncc(C(=O)Nc3ccccc3)s2)nc(C)n1.O=C(Nc1ccccc1)c1cnc(Cl)s1. The van der Waals surface area contributed by atoms with E-state index in [-0.39, 0.29) is 11.8 Å². The van der Waals surface area contributed by atoms with E-state index in [1.807, 2.05) is 80.6 Å². The van der Waals surface area contributed by atoms with Gasteiger partial charge in [-0.2, -0.15) is 0 Å². The predicted molar refractivity (Wildman–Crippen MR) is 153 cm³/mol. The standard InChI is InChI=1S/C16H15N5OS.C10H7ClN2OS/c1-10-8-14(19-11(2)18-10)21-16-17-9-13(23-16)15(22)20-12-6-4-3-5-7-12;11-10-12-6-8(15-10)9(14)13-7-4-2-1-3-5-7/h3-9H,1-2H3,(H,20,22)(H,17,18,19,21);1-6H,(H,13,14). The van der Waals surface area contributed by atoms with E-state index in [1.165, 1.54) is 17.5 Å². The number of aromatic nitrogens is 4. The maximum atomic E-state index is 12.2. The third kappa shape index (κ3) is 7.90. The van der Waals surface area contributed by atoms with Gasteiger partial charge in [-0.1, -0.05) is 70.7 Å². The summed E-state index contributed by atoms with van der Waals surface area (Å²) in [5.41, 5.74) is 2.38. The van der Waals surface area contributed by atoms with Crippen LogP contribution in [0.2, 0.25) is 4.47 Å². The number of carbonyl (C=O) groups is 2. The van der Waals surface area contributed by atoms with Crippen molar-refractivity contribution in [1.82, 2.24) is 19.9 Å². The van der Waals surface area contributed by atoms with Gasteiger partial charge < -0.3 is 16.0 Å². The average molecular weight is 564 g/mol. The quantitative estimate of drug-likeness (QED) is 0.213. The number of rotatable bonds is 6. The molecule has 38 heavy (non-hydrogen) atoms. The lowest BCUT2D eigenvalue weighted by molar-refractivity contribution is 0.102. The molecule has 3 heterocycles. The van der Waals surface area contributed by atoms with Crippen LogP contribution < -0.4 is 16.0 Å². The minimum atomic E-state index is -0.189. The number of anilines is 4. The number of amides is 2. The number of benzene rings is 2. The largest absolute Gasteiger partial charge is 0.321 e. The highest BCUT2D eigenvalue weighted by Crippen LogP contribution is 2.23. The van der Waals surface area contributed by atoms with E-state index in [0.29, 0.717) is 31.0 Å². The molecule has 0 bridgehead atoms. The minimum absolute atomic E-state index is 0.184. The second kappa shape index (κ2) is 12.9. The Labute approximate surface area is 232 Å². The maximum absolute atomic E-state index is 12.2. The molecule has 9 nitrogen and oxygen atoms in total. The van der Waals surface area contributed by atoms with Crippen molar-refractivity contribution in [2.24, 2.45) is 0 Å². The van der Waals surface area contributed by atoms with Crippen molar-refractivity contribution < 1.29 is 9.59 Å². The van der Waals surface area contributed by atoms with Crippen LogP contribution in [0.15, 0.2) is 79.1 Å². The molecule has 3 aromatic heterocycles. The van der Waals surface area contributed by atoms with E-state index < -0.39 is 0 Å². The van der Waals surface area contributed by atoms with Gasteiger partial charge in [0, 0.05) is 23.1 Å². The van der Waals surface area contributed by atoms with Gasteiger partial charge in [-0.15, -0.1) is 0 Å². The van der Waals surface area contributed by atoms with Gasteiger partial charge in [0.15, 0.2) is 9.60 Å². The van der Waals surface area contributed by atoms with Gasteiger partial charge in [0.1, 0.15) is 21.4 Å². The molecule has 2 amide bonds. The Kier molecular flexibility index (Phi) is 9.09. The number of thiazole rings is 2. The van der Waals surface area contributed by atoms with Crippen molar-refractivity contribution >= 4 is 68.4 Å². The van der Waals surface area contributed by atoms with Crippen molar-refractivity contribution in [2.45, 2.75) is 13.8 Å². The second-order valence-corrected chi connectivity index (χ2v) is 10.4. The van der Waals surface area contributed by atoms with Crippen molar-refractivity contribution in [3.8, 4) is 0 Å². The molecule has 0 spiro atoms. The smallest absolute Gasteiger partial charge is 0.267 e. The van der Waals surface area contributed by atoms with E-state index in [1.54, 1.807) is 6.20 Å². The fraction of sp³-hybridized carbons (Fsp3) is 0.0769. The number of halogens is 1. The topological polar surface area (TPSA) is 122 Å². The van der Waals surface area contributed by atoms with Crippen LogP contribution in [0.3, 0.4) is 0 Å². The molecule has 2 aromatic carbocycles. The Balaban J connectivity index is 0.000000194. The molecule has 0 aliphatic heterocycles. The number of carbonyl (C=O) groups excluding carboxylic acids is 2. The minimum Gasteiger partial charge on any atom is -0.321 e. The van der Waals surface area contributed by atoms with Crippen molar-refractivity contribution in [3.63, 3.8) is 0 Å². The molecule has 0 saturated heterocycles. The molecule has 0 atom stereocenters. The average Bonchev–Trinajstić information content (AvgIpc) is 3.54. The Morgan fingerprint density at radius 2 is 1.32 bits per heavy atom. The zero-order chi connectivity index (χ0) is 26.9.